The van der Waals surface area contributed by atoms with Crippen molar-refractivity contribution in [3.05, 3.63) is 48.0 Å². The first-order valence-corrected chi connectivity index (χ1v) is 9.88. The van der Waals surface area contributed by atoms with Gasteiger partial charge in [-0.1, -0.05) is 49.1 Å². The Balaban J connectivity index is 1.83. The molecule has 1 fully saturated rings. The Morgan fingerprint density at radius 3 is 2.61 bits per heavy atom. The number of imidazole rings is 1. The number of nitrogens with two attached hydrogens (primary N) is 1. The van der Waals surface area contributed by atoms with Crippen molar-refractivity contribution in [2.24, 2.45) is 0 Å². The smallest absolute Gasteiger partial charge is 0.235 e. The molecule has 1 aliphatic rings. The van der Waals surface area contributed by atoms with Crippen molar-refractivity contribution >= 4 is 28.6 Å². The molecule has 28 heavy (non-hydrogen) atoms. The van der Waals surface area contributed by atoms with Gasteiger partial charge in [-0.15, -0.1) is 0 Å². The number of benzene rings is 1. The molecule has 7 nitrogen and oxygen atoms in total. The highest BCUT2D eigenvalue weighted by molar-refractivity contribution is 6.33. The Morgan fingerprint density at radius 2 is 1.86 bits per heavy atom. The van der Waals surface area contributed by atoms with E-state index in [-0.39, 0.29) is 0 Å². The van der Waals surface area contributed by atoms with Crippen molar-refractivity contribution in [2.75, 3.05) is 5.73 Å². The van der Waals surface area contributed by atoms with Crippen LogP contribution < -0.4 is 5.73 Å². The number of rotatable bonds is 3. The fourth-order valence-electron chi connectivity index (χ4n) is 4.16. The van der Waals surface area contributed by atoms with Crippen molar-refractivity contribution in [2.45, 2.75) is 38.1 Å². The zero-order valence-corrected chi connectivity index (χ0v) is 16.0. The van der Waals surface area contributed by atoms with Crippen LogP contribution in [0.15, 0.2) is 43.0 Å². The molecule has 0 atom stereocenters. The van der Waals surface area contributed by atoms with E-state index < -0.39 is 0 Å². The first kappa shape index (κ1) is 17.2. The molecule has 5 rings (SSSR count). The van der Waals surface area contributed by atoms with E-state index in [2.05, 4.69) is 19.6 Å². The second-order valence-electron chi connectivity index (χ2n) is 7.14. The van der Waals surface area contributed by atoms with Gasteiger partial charge in [-0.05, 0) is 18.9 Å². The molecule has 142 valence electrons. The number of nitrogen functional groups attached to an aromatic ring is 1. The molecular weight excluding hydrogens is 374 g/mol. The lowest BCUT2D eigenvalue weighted by Crippen LogP contribution is -2.18. The first-order chi connectivity index (χ1) is 13.7. The Hall–Kier alpha value is -2.93. The van der Waals surface area contributed by atoms with Crippen LogP contribution in [0.4, 0.5) is 5.95 Å². The number of aromatic nitrogens is 6. The summed E-state index contributed by atoms with van der Waals surface area (Å²) in [6, 6.07) is 8.14. The molecule has 2 N–H and O–H groups in total. The summed E-state index contributed by atoms with van der Waals surface area (Å²) in [5.74, 6) is 0.998. The lowest BCUT2D eigenvalue weighted by Gasteiger charge is -2.26. The van der Waals surface area contributed by atoms with Crippen LogP contribution in [0.1, 0.15) is 38.1 Å². The van der Waals surface area contributed by atoms with Crippen molar-refractivity contribution in [3.8, 4) is 17.1 Å². The fraction of sp³-hybridized carbons (Fsp3) is 0.300. The molecule has 3 heterocycles. The van der Waals surface area contributed by atoms with Crippen LogP contribution in [0.2, 0.25) is 5.02 Å². The highest BCUT2D eigenvalue weighted by Crippen LogP contribution is 2.39. The van der Waals surface area contributed by atoms with Crippen molar-refractivity contribution < 1.29 is 0 Å². The van der Waals surface area contributed by atoms with Crippen LogP contribution in [0.3, 0.4) is 0 Å². The monoisotopic (exact) mass is 393 g/mol. The molecule has 0 aliphatic heterocycles. The van der Waals surface area contributed by atoms with E-state index in [1.807, 2.05) is 30.5 Å². The minimum Gasteiger partial charge on any atom is -0.368 e. The molecule has 0 spiro atoms. The van der Waals surface area contributed by atoms with Gasteiger partial charge in [0, 0.05) is 28.4 Å². The van der Waals surface area contributed by atoms with Gasteiger partial charge in [-0.25, -0.2) is 4.98 Å². The van der Waals surface area contributed by atoms with Gasteiger partial charge in [0.05, 0.1) is 11.7 Å². The number of hydrogen-bond donors (Lipinski definition) is 1. The molecule has 0 saturated heterocycles. The van der Waals surface area contributed by atoms with Gasteiger partial charge in [0.2, 0.25) is 11.9 Å². The third-order valence-electron chi connectivity index (χ3n) is 5.44. The van der Waals surface area contributed by atoms with Gasteiger partial charge < -0.3 is 10.3 Å². The van der Waals surface area contributed by atoms with Crippen LogP contribution in [0.5, 0.6) is 0 Å². The van der Waals surface area contributed by atoms with Crippen molar-refractivity contribution in [1.82, 2.24) is 29.3 Å². The van der Waals surface area contributed by atoms with E-state index in [4.69, 9.17) is 22.3 Å². The summed E-state index contributed by atoms with van der Waals surface area (Å²) in [6.07, 6.45) is 10.9. The highest BCUT2D eigenvalue weighted by atomic mass is 35.5. The molecule has 0 amide bonds. The maximum Gasteiger partial charge on any atom is 0.235 e. The third-order valence-corrected chi connectivity index (χ3v) is 5.77. The second-order valence-corrected chi connectivity index (χ2v) is 7.55. The summed E-state index contributed by atoms with van der Waals surface area (Å²) >= 11 is 6.52. The van der Waals surface area contributed by atoms with E-state index in [0.29, 0.717) is 23.0 Å². The predicted octanol–water partition coefficient (Wildman–Crippen LogP) is 4.42. The summed E-state index contributed by atoms with van der Waals surface area (Å²) in [6.45, 7) is 0. The summed E-state index contributed by atoms with van der Waals surface area (Å²) in [4.78, 5) is 13.4. The molecule has 1 aliphatic carbocycles. The zero-order chi connectivity index (χ0) is 19.1. The maximum atomic E-state index is 6.52. The van der Waals surface area contributed by atoms with E-state index in [1.54, 1.807) is 10.9 Å². The highest BCUT2D eigenvalue weighted by Gasteiger charge is 2.26. The van der Waals surface area contributed by atoms with Gasteiger partial charge >= 0.3 is 0 Å². The summed E-state index contributed by atoms with van der Waals surface area (Å²) in [5, 5.41) is 5.00. The summed E-state index contributed by atoms with van der Waals surface area (Å²) in [7, 11) is 0. The fourth-order valence-corrected chi connectivity index (χ4v) is 4.39. The molecule has 4 aromatic rings. The average molecular weight is 394 g/mol. The lowest BCUT2D eigenvalue weighted by atomic mass is 9.95. The van der Waals surface area contributed by atoms with Crippen LogP contribution in [0, 0.1) is 0 Å². The number of pyridine rings is 1. The standard InChI is InChI=1S/C20H20ClN7/c21-16-9-5-4-8-14(16)15-10-23-11-17-18(15)27(13-6-2-1-3-7-13)20(26-17)28-19(22)24-12-25-28/h4-5,8-13H,1-3,6-7H2,(H2,22,24,25). The van der Waals surface area contributed by atoms with E-state index in [0.717, 1.165) is 35.0 Å². The summed E-state index contributed by atoms with van der Waals surface area (Å²) in [5.41, 5.74) is 9.78. The van der Waals surface area contributed by atoms with Gasteiger partial charge in [0.25, 0.3) is 0 Å². The number of halogens is 1. The Labute approximate surface area is 167 Å². The average Bonchev–Trinajstić information content (AvgIpc) is 3.32. The van der Waals surface area contributed by atoms with Crippen molar-refractivity contribution in [1.29, 1.82) is 0 Å². The molecule has 1 aromatic carbocycles. The van der Waals surface area contributed by atoms with Crippen molar-refractivity contribution in [3.63, 3.8) is 0 Å². The Kier molecular flexibility index (Phi) is 4.24. The minimum atomic E-state index is 0.319. The van der Waals surface area contributed by atoms with E-state index >= 15 is 0 Å². The lowest BCUT2D eigenvalue weighted by molar-refractivity contribution is 0.356. The molecule has 3 aromatic heterocycles. The van der Waals surface area contributed by atoms with Gasteiger partial charge in [-0.3, -0.25) is 4.98 Å². The van der Waals surface area contributed by atoms with Crippen LogP contribution in [-0.4, -0.2) is 29.3 Å². The topological polar surface area (TPSA) is 87.4 Å². The van der Waals surface area contributed by atoms with Crippen LogP contribution >= 0.6 is 11.6 Å². The quantitative estimate of drug-likeness (QED) is 0.556. The largest absolute Gasteiger partial charge is 0.368 e. The van der Waals surface area contributed by atoms with Gasteiger partial charge in [0.1, 0.15) is 11.8 Å². The minimum absolute atomic E-state index is 0.319. The number of fused-ring (bicyclic) bond motifs is 1. The number of anilines is 1. The first-order valence-electron chi connectivity index (χ1n) is 9.51. The van der Waals surface area contributed by atoms with Gasteiger partial charge in [-0.2, -0.15) is 14.8 Å². The van der Waals surface area contributed by atoms with Gasteiger partial charge in [0.15, 0.2) is 0 Å². The Morgan fingerprint density at radius 1 is 1.04 bits per heavy atom. The maximum absolute atomic E-state index is 6.52. The zero-order valence-electron chi connectivity index (χ0n) is 15.3. The summed E-state index contributed by atoms with van der Waals surface area (Å²) < 4.78 is 3.87. The normalized spacial score (nSPS) is 15.3. The van der Waals surface area contributed by atoms with E-state index in [9.17, 15) is 0 Å². The molecule has 0 unspecified atom stereocenters. The molecule has 0 bridgehead atoms. The number of hydrogen-bond acceptors (Lipinski definition) is 5. The molecule has 1 saturated carbocycles. The van der Waals surface area contributed by atoms with Crippen LogP contribution in [0.25, 0.3) is 28.1 Å². The molecule has 0 radical (unpaired) electrons. The second kappa shape index (κ2) is 6.91. The molecular formula is C20H20ClN7. The van der Waals surface area contributed by atoms with Crippen LogP contribution in [-0.2, 0) is 0 Å². The van der Waals surface area contributed by atoms with E-state index in [1.165, 1.54) is 25.6 Å². The SMILES string of the molecule is Nc1ncnn1-c1nc2cncc(-c3ccccc3Cl)c2n1C1CCCCC1. The Bertz CT molecular complexity index is 1140. The molecule has 8 heteroatoms. The number of nitrogens with zero attached hydrogens (tertiary/aromatic N) is 6. The third kappa shape index (κ3) is 2.74. The predicted molar refractivity (Wildman–Crippen MR) is 109 cm³/mol.